The Morgan fingerprint density at radius 2 is 1.00 bits per heavy atom. The fraction of sp³-hybridized carbons (Fsp3) is 0.242. The molecule has 0 spiro atoms. The van der Waals surface area contributed by atoms with Gasteiger partial charge in [0.05, 0.1) is 34.0 Å². The van der Waals surface area contributed by atoms with Crippen LogP contribution < -0.4 is 29.6 Å². The van der Waals surface area contributed by atoms with Crippen LogP contribution in [0.3, 0.4) is 0 Å². The number of pyridine rings is 3. The number of anilines is 1. The molecule has 0 unspecified atom stereocenters. The van der Waals surface area contributed by atoms with Gasteiger partial charge in [-0.3, -0.25) is 38.4 Å². The predicted octanol–water partition coefficient (Wildman–Crippen LogP) is 3.47. The average Bonchev–Trinajstić information content (AvgIpc) is 3.52. The third kappa shape index (κ3) is 22.4. The van der Waals surface area contributed by atoms with Gasteiger partial charge in [0.2, 0.25) is 0 Å². The molecule has 0 aliphatic carbocycles. The summed E-state index contributed by atoms with van der Waals surface area (Å²) < 4.78 is 52.8. The second-order valence-corrected chi connectivity index (χ2v) is 21.3. The van der Waals surface area contributed by atoms with Crippen LogP contribution in [0.2, 0.25) is 0 Å². The maximum absolute atomic E-state index is 12.5. The summed E-state index contributed by atoms with van der Waals surface area (Å²) in [6.45, 7) is 1.32. The van der Waals surface area contributed by atoms with Gasteiger partial charge in [-0.25, -0.2) is 29.3 Å². The molecule has 89 heavy (non-hydrogen) atoms. The number of carboxylic acid groups (broad SMARTS) is 3. The number of carbonyl (C=O) groups is 7. The molecule has 1 aliphatic heterocycles. The highest BCUT2D eigenvalue weighted by molar-refractivity contribution is 7.85. The smallest absolute Gasteiger partial charge is 0.354 e. The summed E-state index contributed by atoms with van der Waals surface area (Å²) in [5.74, 6) is 14.6. The van der Waals surface area contributed by atoms with Crippen LogP contribution in [0, 0.1) is 35.5 Å². The molecule has 3 aromatic carbocycles. The molecule has 0 atom stereocenters. The van der Waals surface area contributed by atoms with Crippen molar-refractivity contribution in [2.75, 3.05) is 83.3 Å². The van der Waals surface area contributed by atoms with Crippen molar-refractivity contribution in [3.8, 4) is 58.5 Å². The fourth-order valence-corrected chi connectivity index (χ4v) is 9.12. The summed E-state index contributed by atoms with van der Waals surface area (Å²) in [7, 11) is -4.18. The molecule has 0 bridgehead atoms. The Morgan fingerprint density at radius 1 is 0.551 bits per heavy atom. The van der Waals surface area contributed by atoms with E-state index in [-0.39, 0.29) is 84.6 Å². The number of carboxylic acids is 3. The summed E-state index contributed by atoms with van der Waals surface area (Å²) >= 11 is 5.21. The lowest BCUT2D eigenvalue weighted by Gasteiger charge is -2.25. The van der Waals surface area contributed by atoms with E-state index in [1.807, 2.05) is 0 Å². The minimum atomic E-state index is -4.18. The van der Waals surface area contributed by atoms with Crippen molar-refractivity contribution in [2.24, 2.45) is 0 Å². The number of aromatic nitrogens is 3. The molecule has 6 N–H and O–H groups in total. The standard InChI is InChI=1S/C62H56N8O17S2/c71-22-24-84-54-13-9-47(58(33-54)87-41-60(77)78)8-4-44-28-50(65-53(31-44)39-74)36-69-17-16-68(35-49-27-43(30-52(38-73)64-49)3-7-46-10-14-55(86-40-59(75)76)34-57(46)85-25-23-72)18-20-70(21-19-69)37-51-29-45(32-56(66-51)61(79)80)2-1-42-5-11-48(12-6-42)67-62(88)63-15-26-89(81,82)83/h5-6,9-14,22-23,27-34,38-39H,15-21,24-26,35-37,40-41H2,(H,75,76)(H,77,78)(H,79,80)(H2,63,67,88)(H,81,82,83). The van der Waals surface area contributed by atoms with E-state index in [0.717, 1.165) is 0 Å². The highest BCUT2D eigenvalue weighted by atomic mass is 32.2. The molecule has 0 radical (unpaired) electrons. The monoisotopic (exact) mass is 1250 g/mol. The minimum absolute atomic E-state index is 0.0871. The molecule has 25 nitrogen and oxygen atoms in total. The number of ether oxygens (including phenoxy) is 4. The van der Waals surface area contributed by atoms with Gasteiger partial charge < -0.3 is 44.9 Å². The molecule has 458 valence electrons. The second kappa shape index (κ2) is 32.9. The summed E-state index contributed by atoms with van der Waals surface area (Å²) in [4.78, 5) is 102. The zero-order chi connectivity index (χ0) is 63.7. The van der Waals surface area contributed by atoms with E-state index in [9.17, 15) is 52.2 Å². The molecule has 4 heterocycles. The molecule has 1 saturated heterocycles. The van der Waals surface area contributed by atoms with Crippen molar-refractivity contribution < 1.29 is 80.8 Å². The first-order valence-corrected chi connectivity index (χ1v) is 28.9. The summed E-state index contributed by atoms with van der Waals surface area (Å²) in [5, 5.41) is 34.3. The van der Waals surface area contributed by atoms with Gasteiger partial charge in [0, 0.05) is 106 Å². The van der Waals surface area contributed by atoms with E-state index < -0.39 is 47.0 Å². The number of hydrogen-bond donors (Lipinski definition) is 6. The zero-order valence-corrected chi connectivity index (χ0v) is 48.9. The molecule has 0 amide bonds. The van der Waals surface area contributed by atoms with E-state index in [0.29, 0.717) is 121 Å². The Kier molecular flexibility index (Phi) is 24.4. The number of carbonyl (C=O) groups excluding carboxylic acids is 4. The van der Waals surface area contributed by atoms with Gasteiger partial charge in [-0.2, -0.15) is 8.42 Å². The average molecular weight is 1250 g/mol. The lowest BCUT2D eigenvalue weighted by atomic mass is 10.1. The number of thiocarbonyl (C=S) groups is 1. The molecular weight excluding hydrogens is 1190 g/mol. The highest BCUT2D eigenvalue weighted by Gasteiger charge is 2.21. The number of nitrogens with one attached hydrogen (secondary N) is 2. The quantitative estimate of drug-likeness (QED) is 0.0207. The van der Waals surface area contributed by atoms with Crippen LogP contribution in [0.25, 0.3) is 0 Å². The number of benzene rings is 3. The van der Waals surface area contributed by atoms with Crippen molar-refractivity contribution in [3.63, 3.8) is 0 Å². The molecule has 6 aromatic rings. The van der Waals surface area contributed by atoms with E-state index in [2.05, 4.69) is 75.8 Å². The number of nitrogens with zero attached hydrogens (tertiary/aromatic N) is 6. The van der Waals surface area contributed by atoms with Crippen LogP contribution >= 0.6 is 12.2 Å². The van der Waals surface area contributed by atoms with Gasteiger partial charge in [-0.1, -0.05) is 35.5 Å². The Balaban J connectivity index is 1.17. The van der Waals surface area contributed by atoms with E-state index in [4.69, 9.17) is 40.8 Å². The zero-order valence-electron chi connectivity index (χ0n) is 47.2. The highest BCUT2D eigenvalue weighted by Crippen LogP contribution is 2.27. The first-order valence-electron chi connectivity index (χ1n) is 26.9. The molecule has 7 rings (SSSR count). The molecular formula is C62H56N8O17S2. The predicted molar refractivity (Wildman–Crippen MR) is 324 cm³/mol. The lowest BCUT2D eigenvalue weighted by molar-refractivity contribution is -0.140. The largest absolute Gasteiger partial charge is 0.486 e. The summed E-state index contributed by atoms with van der Waals surface area (Å²) in [5.41, 5.74) is 4.35. The summed E-state index contributed by atoms with van der Waals surface area (Å²) in [6, 6.07) is 25.3. The molecule has 1 aliphatic rings. The normalized spacial score (nSPS) is 12.6. The van der Waals surface area contributed by atoms with E-state index >= 15 is 0 Å². The van der Waals surface area contributed by atoms with Gasteiger partial charge in [-0.05, 0) is 97.1 Å². The Labute approximate surface area is 515 Å². The fourth-order valence-electron chi connectivity index (χ4n) is 8.54. The number of aliphatic carboxylic acids is 2. The third-order valence-electron chi connectivity index (χ3n) is 12.6. The maximum Gasteiger partial charge on any atom is 0.354 e. The first kappa shape index (κ1) is 66.1. The SMILES string of the molecule is O=CCOc1ccc(C#Cc2cc(C=O)nc(CN3CCN(Cc4cc(C#Cc5ccc(OCC(=O)O)cc5OCC=O)cc(C=O)n4)CCN(Cc4cc(C#Cc5ccc(NC(=S)NCCS(=O)(=O)O)cc5)cc(C(=O)O)n4)CC3)c2)c(OCC(=O)O)c1. The van der Waals surface area contributed by atoms with Gasteiger partial charge in [-0.15, -0.1) is 0 Å². The summed E-state index contributed by atoms with van der Waals surface area (Å²) in [6.07, 6.45) is 2.29. The Hall–Kier alpha value is -10.4. The van der Waals surface area contributed by atoms with Gasteiger partial charge >= 0.3 is 17.9 Å². The molecule has 27 heteroatoms. The van der Waals surface area contributed by atoms with Crippen molar-refractivity contribution in [2.45, 2.75) is 19.6 Å². The van der Waals surface area contributed by atoms with Crippen LogP contribution in [0.5, 0.6) is 23.0 Å². The number of aldehydes is 4. The van der Waals surface area contributed by atoms with Crippen molar-refractivity contribution in [1.82, 2.24) is 35.0 Å². The molecule has 3 aromatic heterocycles. The van der Waals surface area contributed by atoms with Crippen LogP contribution in [-0.2, 0) is 48.9 Å². The van der Waals surface area contributed by atoms with Crippen molar-refractivity contribution in [1.29, 1.82) is 0 Å². The van der Waals surface area contributed by atoms with Crippen molar-refractivity contribution >= 4 is 76.2 Å². The maximum atomic E-state index is 12.5. The van der Waals surface area contributed by atoms with Gasteiger partial charge in [0.15, 0.2) is 43.5 Å². The van der Waals surface area contributed by atoms with E-state index in [1.165, 1.54) is 36.4 Å². The lowest BCUT2D eigenvalue weighted by Crippen LogP contribution is -2.36. The Morgan fingerprint density at radius 3 is 1.48 bits per heavy atom. The molecule has 1 fully saturated rings. The Bertz CT molecular complexity index is 3940. The third-order valence-corrected chi connectivity index (χ3v) is 13.5. The molecule has 0 saturated carbocycles. The van der Waals surface area contributed by atoms with Crippen LogP contribution in [0.15, 0.2) is 97.1 Å². The van der Waals surface area contributed by atoms with Crippen LogP contribution in [0.4, 0.5) is 5.69 Å². The van der Waals surface area contributed by atoms with Gasteiger partial charge in [0.25, 0.3) is 10.1 Å². The van der Waals surface area contributed by atoms with Crippen LogP contribution in [0.1, 0.15) is 81.9 Å². The van der Waals surface area contributed by atoms with Gasteiger partial charge in [0.1, 0.15) is 53.3 Å². The minimum Gasteiger partial charge on any atom is -0.486 e. The number of rotatable bonds is 25. The van der Waals surface area contributed by atoms with Crippen molar-refractivity contribution in [3.05, 3.63) is 165 Å². The topological polar surface area (TPSA) is 344 Å². The first-order chi connectivity index (χ1) is 42.8. The number of aromatic carboxylic acids is 1. The van der Waals surface area contributed by atoms with E-state index in [1.54, 1.807) is 60.7 Å². The second-order valence-electron chi connectivity index (χ2n) is 19.3. The number of hydrogen-bond acceptors (Lipinski definition) is 20. The van der Waals surface area contributed by atoms with Crippen LogP contribution in [-0.4, -0.2) is 184 Å².